The van der Waals surface area contributed by atoms with Gasteiger partial charge in [-0.3, -0.25) is 5.84 Å². The topological polar surface area (TPSA) is 171 Å². The van der Waals surface area contributed by atoms with Crippen LogP contribution in [0.5, 0.6) is 0 Å². The third-order valence-corrected chi connectivity index (χ3v) is 11.6. The van der Waals surface area contributed by atoms with E-state index in [4.69, 9.17) is 48.8 Å². The van der Waals surface area contributed by atoms with Gasteiger partial charge in [0, 0.05) is 49.6 Å². The molecular formula is C41H51BBr3Cl2N8NaO4Sn. The minimum absolute atomic E-state index is 0. The summed E-state index contributed by atoms with van der Waals surface area (Å²) in [6.07, 6.45) is 7.42. The molecule has 1 aliphatic heterocycles. The number of nitrogens with zero attached hydrogens (tertiary/aromatic N) is 5. The molecule has 0 aliphatic carbocycles. The number of hydrogen-bond acceptors (Lipinski definition) is 10. The number of rotatable bonds is 4. The van der Waals surface area contributed by atoms with Gasteiger partial charge in [0.1, 0.15) is 0 Å². The van der Waals surface area contributed by atoms with E-state index in [0.29, 0.717) is 0 Å². The zero-order valence-corrected chi connectivity index (χ0v) is 46.0. The summed E-state index contributed by atoms with van der Waals surface area (Å²) >= 11 is 9.40. The maximum absolute atomic E-state index is 8.00. The van der Waals surface area contributed by atoms with Gasteiger partial charge in [0.05, 0.1) is 22.6 Å². The summed E-state index contributed by atoms with van der Waals surface area (Å²) in [6, 6.07) is 27.8. The zero-order chi connectivity index (χ0) is 44.3. The van der Waals surface area contributed by atoms with Crippen molar-refractivity contribution in [3.05, 3.63) is 156 Å². The van der Waals surface area contributed by atoms with Gasteiger partial charge >= 0.3 is 73.4 Å². The molecular weight excluding hydrogens is 1130 g/mol. The number of nitrogens with two attached hydrogens (primary N) is 2. The SMILES string of the molecule is C.Cc1cc(-n2cccn2)ccc1B1OC(C)(C)C(C)(C)O1.Cc1cc(-n2cccn2)ccc1Br.Cc1cc(N)ccc1Br.Cc1cc(NN)ccc1Br.O=N[O-].[Cl][Sn][Cl].[Na+]. The Morgan fingerprint density at radius 1 is 0.738 bits per heavy atom. The molecule has 0 atom stereocenters. The largest absolute Gasteiger partial charge is 1.00 e. The second-order valence-corrected chi connectivity index (χ2v) is 20.5. The summed E-state index contributed by atoms with van der Waals surface area (Å²) in [4.78, 5) is 8.00. The first kappa shape index (κ1) is 59.1. The molecule has 20 heteroatoms. The van der Waals surface area contributed by atoms with Crippen LogP contribution in [0.3, 0.4) is 0 Å². The first-order valence-corrected chi connectivity index (χ1v) is 27.3. The molecule has 0 spiro atoms. The summed E-state index contributed by atoms with van der Waals surface area (Å²) in [7, 11) is 9.55. The molecule has 2 radical (unpaired) electrons. The molecule has 6 aromatic rings. The van der Waals surface area contributed by atoms with Crippen LogP contribution in [0.1, 0.15) is 57.4 Å². The van der Waals surface area contributed by atoms with E-state index in [2.05, 4.69) is 123 Å². The Bertz CT molecular complexity index is 2180. The molecule has 61 heavy (non-hydrogen) atoms. The summed E-state index contributed by atoms with van der Waals surface area (Å²) in [6.45, 7) is 16.5. The van der Waals surface area contributed by atoms with Crippen molar-refractivity contribution in [2.45, 2.75) is 74.0 Å². The minimum atomic E-state index is -0.826. The molecule has 0 unspecified atom stereocenters. The fraction of sp³-hybridized carbons (Fsp3) is 0.268. The third-order valence-electron chi connectivity index (χ3n) is 8.95. The van der Waals surface area contributed by atoms with Gasteiger partial charge < -0.3 is 30.6 Å². The van der Waals surface area contributed by atoms with Gasteiger partial charge in [0.25, 0.3) is 0 Å². The number of anilines is 2. The fourth-order valence-electron chi connectivity index (χ4n) is 5.05. The third kappa shape index (κ3) is 19.4. The van der Waals surface area contributed by atoms with Crippen LogP contribution in [0.2, 0.25) is 0 Å². The van der Waals surface area contributed by atoms with Gasteiger partial charge in [-0.2, -0.15) is 10.2 Å². The number of benzene rings is 4. The van der Waals surface area contributed by atoms with E-state index in [1.54, 1.807) is 12.4 Å². The smallest absolute Gasteiger partial charge is 1.00 e. The number of aromatic nitrogens is 4. The van der Waals surface area contributed by atoms with Crippen molar-refractivity contribution >= 4 is 108 Å². The average molecular weight is 1180 g/mol. The number of nitrogens with one attached hydrogen (secondary N) is 1. The molecule has 12 nitrogen and oxygen atoms in total. The van der Waals surface area contributed by atoms with Crippen molar-refractivity contribution in [2.24, 2.45) is 11.2 Å². The van der Waals surface area contributed by atoms with Crippen LogP contribution < -0.4 is 52.0 Å². The van der Waals surface area contributed by atoms with Gasteiger partial charge in [0.15, 0.2) is 0 Å². The summed E-state index contributed by atoms with van der Waals surface area (Å²) < 4.78 is 19.3. The Kier molecular flexibility index (Phi) is 28.6. The maximum atomic E-state index is 8.00. The molecule has 4 aromatic carbocycles. The van der Waals surface area contributed by atoms with Crippen LogP contribution in [0, 0.1) is 37.8 Å². The fourth-order valence-corrected chi connectivity index (χ4v) is 5.79. The molecule has 0 amide bonds. The van der Waals surface area contributed by atoms with E-state index in [9.17, 15) is 0 Å². The van der Waals surface area contributed by atoms with Gasteiger partial charge in [-0.15, -0.1) is 5.34 Å². The predicted molar refractivity (Wildman–Crippen MR) is 263 cm³/mol. The molecule has 3 heterocycles. The van der Waals surface area contributed by atoms with Crippen LogP contribution in [0.4, 0.5) is 11.4 Å². The number of halogens is 5. The van der Waals surface area contributed by atoms with E-state index in [1.807, 2.05) is 102 Å². The Morgan fingerprint density at radius 3 is 1.49 bits per heavy atom. The number of nitrogen functional groups attached to an aromatic ring is 2. The zero-order valence-electron chi connectivity index (χ0n) is 34.9. The van der Waals surface area contributed by atoms with Crippen molar-refractivity contribution in [3.8, 4) is 11.4 Å². The number of hydrogen-bond donors (Lipinski definition) is 3. The van der Waals surface area contributed by atoms with Crippen LogP contribution >= 0.6 is 65.6 Å². The molecule has 1 saturated heterocycles. The van der Waals surface area contributed by atoms with Crippen LogP contribution in [-0.2, 0) is 9.31 Å². The summed E-state index contributed by atoms with van der Waals surface area (Å²) in [5.74, 6) is 5.20. The molecule has 5 N–H and O–H groups in total. The van der Waals surface area contributed by atoms with Gasteiger partial charge in [-0.25, -0.2) is 9.36 Å². The molecule has 2 aromatic heterocycles. The van der Waals surface area contributed by atoms with Crippen molar-refractivity contribution in [1.82, 2.24) is 19.6 Å². The van der Waals surface area contributed by atoms with Crippen molar-refractivity contribution in [3.63, 3.8) is 0 Å². The molecule has 1 fully saturated rings. The van der Waals surface area contributed by atoms with Gasteiger partial charge in [0.2, 0.25) is 0 Å². The van der Waals surface area contributed by atoms with E-state index in [1.165, 1.54) is 16.7 Å². The van der Waals surface area contributed by atoms with E-state index in [-0.39, 0.29) is 55.3 Å². The first-order valence-electron chi connectivity index (χ1n) is 17.7. The Balaban J connectivity index is 0.000000783. The van der Waals surface area contributed by atoms with E-state index in [0.717, 1.165) is 52.5 Å². The maximum Gasteiger partial charge on any atom is 1.00 e. The van der Waals surface area contributed by atoms with Crippen LogP contribution in [0.25, 0.3) is 11.4 Å². The van der Waals surface area contributed by atoms with Gasteiger partial charge in [-0.1, -0.05) is 61.3 Å². The van der Waals surface area contributed by atoms with Gasteiger partial charge in [-0.05, 0) is 162 Å². The van der Waals surface area contributed by atoms with E-state index >= 15 is 0 Å². The second kappa shape index (κ2) is 29.5. The normalized spacial score (nSPS) is 12.5. The van der Waals surface area contributed by atoms with Crippen LogP contribution in [-0.4, -0.2) is 56.8 Å². The quantitative estimate of drug-likeness (QED) is 0.0514. The Labute approximate surface area is 425 Å². The first-order chi connectivity index (χ1) is 27.8. The van der Waals surface area contributed by atoms with Crippen LogP contribution in [0.15, 0.2) is 128 Å². The molecule has 7 rings (SSSR count). The summed E-state index contributed by atoms with van der Waals surface area (Å²) in [5.41, 5.74) is 17.1. The number of aryl methyl sites for hydroxylation is 4. The van der Waals surface area contributed by atoms with Crippen molar-refractivity contribution in [2.75, 3.05) is 11.2 Å². The molecule has 0 saturated carbocycles. The Hall–Kier alpha value is -1.94. The van der Waals surface area contributed by atoms with E-state index < -0.39 is 18.9 Å². The average Bonchev–Trinajstić information content (AvgIpc) is 3.96. The minimum Gasteiger partial charge on any atom is 1.00 e. The standard InChI is InChI=1S/C16H21BN2O2.C10H9BrN2.C7H9BrN2.C7H8BrN.CH4.2ClH.HNO2.Na.Sn/c1-12-11-13(19-10-6-9-18-19)7-8-14(12)17-20-15(2,3)16(4,5)21-17;1-8-7-9(3-4-10(8)11)13-6-2-5-12-13;1-5-4-6(10-9)2-3-7(5)8;1-5-4-6(9)2-3-7(5)8;;;;2-1-3;;/h6-11H,1-5H3;2-7H,1H3;2-4,10H,9H2,1H3;2-4H,9H2,1H3;1H4;2*1H;(H,2,3);;/q;;;;;;;;+1;+2/p-3. The molecule has 1 aliphatic rings. The second-order valence-electron chi connectivity index (χ2n) is 13.7. The monoisotopic (exact) mass is 1180 g/mol. The number of hydrazine groups is 1. The molecule has 0 bridgehead atoms. The Morgan fingerprint density at radius 2 is 1.13 bits per heavy atom. The van der Waals surface area contributed by atoms with Crippen molar-refractivity contribution < 1.29 is 38.9 Å². The molecule has 322 valence electrons. The summed E-state index contributed by atoms with van der Waals surface area (Å²) in [5, 5.41) is 17.4. The van der Waals surface area contributed by atoms with Crippen molar-refractivity contribution in [1.29, 1.82) is 0 Å². The predicted octanol–water partition coefficient (Wildman–Crippen LogP) is 8.69.